The molecular weight excluding hydrogens is 160 g/mol. The van der Waals surface area contributed by atoms with Crippen LogP contribution in [0.1, 0.15) is 39.0 Å². The lowest BCUT2D eigenvalue weighted by molar-refractivity contribution is 0.291. The second-order valence-electron chi connectivity index (χ2n) is 4.57. The summed E-state index contributed by atoms with van der Waals surface area (Å²) in [6.45, 7) is 4.57. The first-order valence-corrected chi connectivity index (χ1v) is 5.66. The lowest BCUT2D eigenvalue weighted by atomic mass is 10.1. The van der Waals surface area contributed by atoms with E-state index in [1.165, 1.54) is 38.6 Å². The molecule has 1 fully saturated rings. The highest BCUT2D eigenvalue weighted by Crippen LogP contribution is 2.29. The molecule has 13 heavy (non-hydrogen) atoms. The van der Waals surface area contributed by atoms with Crippen molar-refractivity contribution in [2.75, 3.05) is 20.1 Å². The molecule has 1 saturated carbocycles. The molecule has 0 heterocycles. The summed E-state index contributed by atoms with van der Waals surface area (Å²) in [4.78, 5) is 2.40. The Hall–Kier alpha value is -0.0800. The molecule has 2 N–H and O–H groups in total. The topological polar surface area (TPSA) is 29.3 Å². The summed E-state index contributed by atoms with van der Waals surface area (Å²) in [5.41, 5.74) is 6.02. The number of nitrogens with zero attached hydrogens (tertiary/aromatic N) is 1. The van der Waals surface area contributed by atoms with Gasteiger partial charge < -0.3 is 10.6 Å². The first kappa shape index (κ1) is 11.0. The molecule has 0 saturated heterocycles. The molecule has 78 valence electrons. The van der Waals surface area contributed by atoms with E-state index in [9.17, 15) is 0 Å². The minimum Gasteiger partial charge on any atom is -0.327 e. The van der Waals surface area contributed by atoms with Gasteiger partial charge >= 0.3 is 0 Å². The second kappa shape index (κ2) is 5.61. The normalized spacial score (nSPS) is 19.4. The molecule has 2 heteroatoms. The fourth-order valence-electron chi connectivity index (χ4n) is 1.77. The number of nitrogens with two attached hydrogens (primary N) is 1. The van der Waals surface area contributed by atoms with E-state index in [1.54, 1.807) is 0 Å². The Morgan fingerprint density at radius 3 is 2.69 bits per heavy atom. The van der Waals surface area contributed by atoms with Gasteiger partial charge in [-0.1, -0.05) is 19.8 Å². The van der Waals surface area contributed by atoms with Crippen LogP contribution in [0.3, 0.4) is 0 Å². The van der Waals surface area contributed by atoms with E-state index in [1.807, 2.05) is 0 Å². The van der Waals surface area contributed by atoms with E-state index in [0.717, 1.165) is 12.5 Å². The zero-order valence-electron chi connectivity index (χ0n) is 9.13. The summed E-state index contributed by atoms with van der Waals surface area (Å²) in [5.74, 6) is 0.989. The molecule has 1 rings (SSSR count). The summed E-state index contributed by atoms with van der Waals surface area (Å²) in [5, 5.41) is 0. The molecule has 2 nitrogen and oxygen atoms in total. The predicted molar refractivity (Wildman–Crippen MR) is 57.7 cm³/mol. The Morgan fingerprint density at radius 2 is 2.15 bits per heavy atom. The van der Waals surface area contributed by atoms with Crippen molar-refractivity contribution in [2.24, 2.45) is 11.7 Å². The van der Waals surface area contributed by atoms with Crippen LogP contribution in [0.5, 0.6) is 0 Å². The van der Waals surface area contributed by atoms with E-state index in [4.69, 9.17) is 5.73 Å². The van der Waals surface area contributed by atoms with Crippen LogP contribution in [0.2, 0.25) is 0 Å². The third-order valence-corrected chi connectivity index (χ3v) is 2.74. The molecule has 1 aliphatic carbocycles. The zero-order valence-corrected chi connectivity index (χ0v) is 9.13. The quantitative estimate of drug-likeness (QED) is 0.654. The molecule has 0 amide bonds. The van der Waals surface area contributed by atoms with Crippen molar-refractivity contribution in [3.05, 3.63) is 0 Å². The molecule has 0 aromatic heterocycles. The minimum absolute atomic E-state index is 0.392. The molecule has 0 aromatic carbocycles. The lowest BCUT2D eigenvalue weighted by Gasteiger charge is -2.20. The molecule has 1 aliphatic rings. The van der Waals surface area contributed by atoms with Gasteiger partial charge in [-0.05, 0) is 32.2 Å². The van der Waals surface area contributed by atoms with Crippen molar-refractivity contribution in [1.82, 2.24) is 4.90 Å². The van der Waals surface area contributed by atoms with Crippen molar-refractivity contribution in [2.45, 2.75) is 45.1 Å². The standard InChI is InChI=1S/C11H24N2/c1-3-4-5-11(12)9-13(2)8-10-6-7-10/h10-11H,3-9,12H2,1-2H3. The number of unbranched alkanes of at least 4 members (excludes halogenated alkanes) is 1. The molecule has 0 aromatic rings. The first-order chi connectivity index (χ1) is 6.22. The van der Waals surface area contributed by atoms with Gasteiger partial charge in [-0.25, -0.2) is 0 Å². The van der Waals surface area contributed by atoms with Crippen molar-refractivity contribution in [3.63, 3.8) is 0 Å². The summed E-state index contributed by atoms with van der Waals surface area (Å²) in [6, 6.07) is 0.392. The average molecular weight is 184 g/mol. The Labute approximate surface area is 82.5 Å². The fraction of sp³-hybridized carbons (Fsp3) is 1.00. The summed E-state index contributed by atoms with van der Waals surface area (Å²) < 4.78 is 0. The zero-order chi connectivity index (χ0) is 9.68. The highest BCUT2D eigenvalue weighted by molar-refractivity contribution is 4.77. The highest BCUT2D eigenvalue weighted by atomic mass is 15.1. The van der Waals surface area contributed by atoms with Gasteiger partial charge in [-0.3, -0.25) is 0 Å². The Bertz CT molecular complexity index is 132. The second-order valence-corrected chi connectivity index (χ2v) is 4.57. The smallest absolute Gasteiger partial charge is 0.0167 e. The van der Waals surface area contributed by atoms with Crippen LogP contribution in [0.25, 0.3) is 0 Å². The third kappa shape index (κ3) is 5.27. The van der Waals surface area contributed by atoms with Crippen LogP contribution in [-0.2, 0) is 0 Å². The molecule has 0 radical (unpaired) electrons. The molecule has 0 aliphatic heterocycles. The SMILES string of the molecule is CCCCC(N)CN(C)CC1CC1. The van der Waals surface area contributed by atoms with Gasteiger partial charge in [-0.15, -0.1) is 0 Å². The molecule has 1 unspecified atom stereocenters. The van der Waals surface area contributed by atoms with E-state index >= 15 is 0 Å². The Morgan fingerprint density at radius 1 is 1.46 bits per heavy atom. The van der Waals surface area contributed by atoms with Gasteiger partial charge in [0.15, 0.2) is 0 Å². The minimum atomic E-state index is 0.392. The van der Waals surface area contributed by atoms with E-state index in [-0.39, 0.29) is 0 Å². The van der Waals surface area contributed by atoms with Gasteiger partial charge in [-0.2, -0.15) is 0 Å². The maximum absolute atomic E-state index is 6.02. The number of rotatable bonds is 7. The number of hydrogen-bond donors (Lipinski definition) is 1. The van der Waals surface area contributed by atoms with E-state index < -0.39 is 0 Å². The van der Waals surface area contributed by atoms with Crippen LogP contribution < -0.4 is 5.73 Å². The summed E-state index contributed by atoms with van der Waals surface area (Å²) >= 11 is 0. The predicted octanol–water partition coefficient (Wildman–Crippen LogP) is 1.85. The fourth-order valence-corrected chi connectivity index (χ4v) is 1.77. The maximum Gasteiger partial charge on any atom is 0.0167 e. The molecular formula is C11H24N2. The number of likely N-dealkylation sites (N-methyl/N-ethyl adjacent to an activating group) is 1. The van der Waals surface area contributed by atoms with E-state index in [0.29, 0.717) is 6.04 Å². The van der Waals surface area contributed by atoms with Gasteiger partial charge in [0.2, 0.25) is 0 Å². The van der Waals surface area contributed by atoms with Crippen molar-refractivity contribution < 1.29 is 0 Å². The van der Waals surface area contributed by atoms with Gasteiger partial charge in [0.25, 0.3) is 0 Å². The van der Waals surface area contributed by atoms with Crippen LogP contribution in [0, 0.1) is 5.92 Å². The molecule has 0 bridgehead atoms. The van der Waals surface area contributed by atoms with Crippen LogP contribution >= 0.6 is 0 Å². The first-order valence-electron chi connectivity index (χ1n) is 5.66. The monoisotopic (exact) mass is 184 g/mol. The van der Waals surface area contributed by atoms with Crippen molar-refractivity contribution in [1.29, 1.82) is 0 Å². The van der Waals surface area contributed by atoms with Crippen molar-refractivity contribution >= 4 is 0 Å². The van der Waals surface area contributed by atoms with Gasteiger partial charge in [0.05, 0.1) is 0 Å². The lowest BCUT2D eigenvalue weighted by Crippen LogP contribution is -2.36. The maximum atomic E-state index is 6.02. The van der Waals surface area contributed by atoms with Crippen LogP contribution in [0.15, 0.2) is 0 Å². The summed E-state index contributed by atoms with van der Waals surface area (Å²) in [7, 11) is 2.20. The average Bonchev–Trinajstić information content (AvgIpc) is 2.84. The van der Waals surface area contributed by atoms with Crippen LogP contribution in [-0.4, -0.2) is 31.1 Å². The third-order valence-electron chi connectivity index (χ3n) is 2.74. The summed E-state index contributed by atoms with van der Waals surface area (Å²) in [6.07, 6.45) is 6.60. The van der Waals surface area contributed by atoms with Gasteiger partial charge in [0, 0.05) is 19.1 Å². The van der Waals surface area contributed by atoms with Crippen LogP contribution in [0.4, 0.5) is 0 Å². The molecule has 0 spiro atoms. The Kier molecular flexibility index (Phi) is 4.74. The van der Waals surface area contributed by atoms with Gasteiger partial charge in [0.1, 0.15) is 0 Å². The molecule has 1 atom stereocenters. The van der Waals surface area contributed by atoms with Crippen molar-refractivity contribution in [3.8, 4) is 0 Å². The number of hydrogen-bond acceptors (Lipinski definition) is 2. The largest absolute Gasteiger partial charge is 0.327 e. The van der Waals surface area contributed by atoms with E-state index in [2.05, 4.69) is 18.9 Å². The highest BCUT2D eigenvalue weighted by Gasteiger charge is 2.23. The Balaban J connectivity index is 1.99.